The lowest BCUT2D eigenvalue weighted by molar-refractivity contribution is 0.225. The molecule has 3 rings (SSSR count). The number of piperidine rings is 1. The maximum atomic E-state index is 4.82. The first kappa shape index (κ1) is 23.8. The van der Waals surface area contributed by atoms with Crippen molar-refractivity contribution in [3.05, 3.63) is 54.6 Å². The second-order valence-corrected chi connectivity index (χ2v) is 8.43. The number of benzene rings is 1. The number of nitrogens with one attached hydrogen (secondary N) is 2. The van der Waals surface area contributed by atoms with Gasteiger partial charge in [-0.3, -0.25) is 4.90 Å². The van der Waals surface area contributed by atoms with Gasteiger partial charge in [-0.1, -0.05) is 24.3 Å². The second-order valence-electron chi connectivity index (χ2n) is 8.43. The number of hydrogen-bond acceptors (Lipinski definition) is 5. The van der Waals surface area contributed by atoms with E-state index in [-0.39, 0.29) is 0 Å². The minimum Gasteiger partial charge on any atom is -0.375 e. The highest BCUT2D eigenvalue weighted by atomic mass is 15.3. The van der Waals surface area contributed by atoms with Gasteiger partial charge in [-0.2, -0.15) is 0 Å². The third-order valence-corrected chi connectivity index (χ3v) is 6.04. The monoisotopic (exact) mass is 438 g/mol. The normalized spacial score (nSPS) is 15.5. The van der Waals surface area contributed by atoms with E-state index in [1.807, 2.05) is 30.7 Å². The molecule has 8 nitrogen and oxygen atoms in total. The van der Waals surface area contributed by atoms with Gasteiger partial charge in [0.25, 0.3) is 0 Å². The second kappa shape index (κ2) is 12.2. The minimum atomic E-state index is 0.426. The third-order valence-electron chi connectivity index (χ3n) is 6.04. The molecule has 0 atom stereocenters. The molecule has 0 radical (unpaired) electrons. The summed E-state index contributed by atoms with van der Waals surface area (Å²) in [4.78, 5) is 9.54. The lowest BCUT2D eigenvalue weighted by Crippen LogP contribution is -2.49. The summed E-state index contributed by atoms with van der Waals surface area (Å²) in [7, 11) is 4.12. The zero-order valence-corrected chi connectivity index (χ0v) is 19.8. The highest BCUT2D eigenvalue weighted by Gasteiger charge is 2.19. The molecule has 0 spiro atoms. The summed E-state index contributed by atoms with van der Waals surface area (Å²) in [5.41, 5.74) is 1.24. The molecule has 2 N–H and O–H groups in total. The van der Waals surface area contributed by atoms with Crippen LogP contribution in [0.2, 0.25) is 0 Å². The quantitative estimate of drug-likeness (QED) is 0.257. The fraction of sp³-hybridized carbons (Fsp3) is 0.542. The van der Waals surface area contributed by atoms with Gasteiger partial charge in [-0.15, -0.1) is 16.8 Å². The number of guanidine groups is 1. The Morgan fingerprint density at radius 3 is 2.66 bits per heavy atom. The molecule has 1 saturated heterocycles. The summed E-state index contributed by atoms with van der Waals surface area (Å²) in [6, 6.07) is 10.9. The van der Waals surface area contributed by atoms with Crippen molar-refractivity contribution in [2.75, 3.05) is 44.7 Å². The van der Waals surface area contributed by atoms with E-state index >= 15 is 0 Å². The van der Waals surface area contributed by atoms with E-state index in [9.17, 15) is 0 Å². The van der Waals surface area contributed by atoms with Crippen LogP contribution in [-0.4, -0.2) is 71.4 Å². The number of aryl methyl sites for hydroxylation is 1. The van der Waals surface area contributed by atoms with Gasteiger partial charge in [0.15, 0.2) is 11.8 Å². The van der Waals surface area contributed by atoms with Gasteiger partial charge < -0.3 is 20.1 Å². The minimum absolute atomic E-state index is 0.426. The highest BCUT2D eigenvalue weighted by molar-refractivity contribution is 5.80. The molecule has 1 aliphatic rings. The Hall–Kier alpha value is -2.87. The summed E-state index contributed by atoms with van der Waals surface area (Å²) >= 11 is 0. The summed E-state index contributed by atoms with van der Waals surface area (Å²) in [6.07, 6.45) is 5.22. The molecular formula is C24H38N8. The number of aromatic nitrogens is 3. The van der Waals surface area contributed by atoms with Gasteiger partial charge in [-0.05, 0) is 38.3 Å². The van der Waals surface area contributed by atoms with E-state index in [4.69, 9.17) is 4.99 Å². The number of nitrogens with zero attached hydrogens (tertiary/aromatic N) is 6. The zero-order valence-electron chi connectivity index (χ0n) is 19.8. The SMILES string of the molecule is C=CCN1CCC(NC(=NCc2nnc(C)n2C)NCCCN(C)c2ccccc2)CC1. The molecule has 2 heterocycles. The lowest BCUT2D eigenvalue weighted by Gasteiger charge is -2.32. The Balaban J connectivity index is 1.53. The van der Waals surface area contributed by atoms with Crippen LogP contribution in [0.3, 0.4) is 0 Å². The van der Waals surface area contributed by atoms with Crippen molar-refractivity contribution < 1.29 is 0 Å². The molecule has 0 aliphatic carbocycles. The summed E-state index contributed by atoms with van der Waals surface area (Å²) < 4.78 is 1.99. The number of likely N-dealkylation sites (tertiary alicyclic amines) is 1. The van der Waals surface area contributed by atoms with Crippen LogP contribution >= 0.6 is 0 Å². The van der Waals surface area contributed by atoms with E-state index in [2.05, 4.69) is 68.5 Å². The topological polar surface area (TPSA) is 73.6 Å². The van der Waals surface area contributed by atoms with E-state index in [0.717, 1.165) is 69.6 Å². The van der Waals surface area contributed by atoms with Gasteiger partial charge in [0.1, 0.15) is 12.4 Å². The Kier molecular flexibility index (Phi) is 9.10. The molecule has 1 fully saturated rings. The van der Waals surface area contributed by atoms with Crippen LogP contribution in [0.4, 0.5) is 5.69 Å². The number of anilines is 1. The summed E-state index contributed by atoms with van der Waals surface area (Å²) in [5.74, 6) is 2.62. The summed E-state index contributed by atoms with van der Waals surface area (Å²) in [5, 5.41) is 15.6. The predicted molar refractivity (Wildman–Crippen MR) is 132 cm³/mol. The van der Waals surface area contributed by atoms with E-state index in [0.29, 0.717) is 12.6 Å². The molecule has 1 aromatic carbocycles. The van der Waals surface area contributed by atoms with Gasteiger partial charge in [0.2, 0.25) is 0 Å². The van der Waals surface area contributed by atoms with Gasteiger partial charge >= 0.3 is 0 Å². The molecule has 0 saturated carbocycles. The summed E-state index contributed by atoms with van der Waals surface area (Å²) in [6.45, 7) is 11.3. The molecule has 32 heavy (non-hydrogen) atoms. The van der Waals surface area contributed by atoms with Crippen LogP contribution < -0.4 is 15.5 Å². The average Bonchev–Trinajstić information content (AvgIpc) is 3.14. The maximum Gasteiger partial charge on any atom is 0.191 e. The van der Waals surface area contributed by atoms with Crippen molar-refractivity contribution in [1.29, 1.82) is 0 Å². The Bertz CT molecular complexity index is 852. The molecule has 0 amide bonds. The van der Waals surface area contributed by atoms with Gasteiger partial charge in [0, 0.05) is 58.5 Å². The number of para-hydroxylation sites is 1. The first-order chi connectivity index (χ1) is 15.6. The van der Waals surface area contributed by atoms with Crippen LogP contribution in [0.1, 0.15) is 30.9 Å². The fourth-order valence-corrected chi connectivity index (χ4v) is 3.86. The molecule has 1 aromatic heterocycles. The number of hydrogen-bond donors (Lipinski definition) is 2. The van der Waals surface area contributed by atoms with E-state index < -0.39 is 0 Å². The van der Waals surface area contributed by atoms with Crippen LogP contribution in [-0.2, 0) is 13.6 Å². The molecule has 174 valence electrons. The van der Waals surface area contributed by atoms with E-state index in [1.54, 1.807) is 0 Å². The van der Waals surface area contributed by atoms with Crippen LogP contribution in [0.5, 0.6) is 0 Å². The van der Waals surface area contributed by atoms with E-state index in [1.165, 1.54) is 5.69 Å². The van der Waals surface area contributed by atoms with Crippen LogP contribution in [0.25, 0.3) is 0 Å². The van der Waals surface area contributed by atoms with Crippen molar-refractivity contribution in [3.8, 4) is 0 Å². The van der Waals surface area contributed by atoms with Crippen molar-refractivity contribution in [1.82, 2.24) is 30.3 Å². The predicted octanol–water partition coefficient (Wildman–Crippen LogP) is 2.34. The van der Waals surface area contributed by atoms with Crippen molar-refractivity contribution in [3.63, 3.8) is 0 Å². The van der Waals surface area contributed by atoms with Gasteiger partial charge in [-0.25, -0.2) is 4.99 Å². The Morgan fingerprint density at radius 1 is 1.25 bits per heavy atom. The average molecular weight is 439 g/mol. The fourth-order valence-electron chi connectivity index (χ4n) is 3.86. The Morgan fingerprint density at radius 2 is 2.00 bits per heavy atom. The number of aliphatic imine (C=N–C) groups is 1. The standard InChI is InChI=1S/C24H38N8/c1-5-15-32-17-12-21(13-18-32)27-24(26-19-23-29-28-20(2)31(23)4)25-14-9-16-30(3)22-10-7-6-8-11-22/h5-8,10-11,21H,1,9,12-19H2,2-4H3,(H2,25,26,27). The van der Waals surface area contributed by atoms with Crippen molar-refractivity contribution >= 4 is 11.6 Å². The largest absolute Gasteiger partial charge is 0.375 e. The lowest BCUT2D eigenvalue weighted by atomic mass is 10.1. The molecular weight excluding hydrogens is 400 g/mol. The first-order valence-electron chi connectivity index (χ1n) is 11.6. The zero-order chi connectivity index (χ0) is 22.8. The Labute approximate surface area is 192 Å². The number of rotatable bonds is 10. The van der Waals surface area contributed by atoms with Crippen LogP contribution in [0, 0.1) is 6.92 Å². The highest BCUT2D eigenvalue weighted by Crippen LogP contribution is 2.11. The molecule has 1 aliphatic heterocycles. The van der Waals surface area contributed by atoms with Gasteiger partial charge in [0.05, 0.1) is 0 Å². The third kappa shape index (κ3) is 7.09. The first-order valence-corrected chi connectivity index (χ1v) is 11.6. The molecule has 8 heteroatoms. The molecule has 0 bridgehead atoms. The maximum absolute atomic E-state index is 4.82. The van der Waals surface area contributed by atoms with Crippen LogP contribution in [0.15, 0.2) is 48.0 Å². The smallest absolute Gasteiger partial charge is 0.191 e. The molecule has 2 aromatic rings. The van der Waals surface area contributed by atoms with Crippen molar-refractivity contribution in [2.24, 2.45) is 12.0 Å². The van der Waals surface area contributed by atoms with Crippen molar-refractivity contribution in [2.45, 2.75) is 38.8 Å². The molecule has 0 unspecified atom stereocenters.